The summed E-state index contributed by atoms with van der Waals surface area (Å²) in [6, 6.07) is 12.4. The van der Waals surface area contributed by atoms with E-state index in [9.17, 15) is 18.4 Å². The number of nitrogens with zero attached hydrogens (tertiary/aromatic N) is 4. The minimum atomic E-state index is -0.923. The summed E-state index contributed by atoms with van der Waals surface area (Å²) in [5, 5.41) is 0. The normalized spacial score (nSPS) is 16.1. The van der Waals surface area contributed by atoms with E-state index in [0.717, 1.165) is 33.6 Å². The standard InChI is InChI=1S/C23H20F2N4O3/c24-16-8-9-19(18(25)11-16)29-21-20(27(14-26-21)12-15-5-2-1-3-6-15)22(30)28(23(29)31)13-17-7-4-10-32-17/h1-3,5-6,8-9,11,14,17H,4,7,10,12-13H2. The minimum Gasteiger partial charge on any atom is -0.376 e. The van der Waals surface area contributed by atoms with Gasteiger partial charge in [0.05, 0.1) is 24.7 Å². The molecular formula is C23H20F2N4O3. The first-order valence-electron chi connectivity index (χ1n) is 10.3. The van der Waals surface area contributed by atoms with Gasteiger partial charge in [-0.3, -0.25) is 9.36 Å². The average molecular weight is 438 g/mol. The van der Waals surface area contributed by atoms with Crippen LogP contribution >= 0.6 is 0 Å². The first kappa shape index (κ1) is 20.3. The van der Waals surface area contributed by atoms with Crippen LogP contribution in [0.25, 0.3) is 16.9 Å². The van der Waals surface area contributed by atoms with E-state index in [1.54, 1.807) is 4.57 Å². The lowest BCUT2D eigenvalue weighted by molar-refractivity contribution is 0.0950. The second-order valence-corrected chi connectivity index (χ2v) is 7.79. The highest BCUT2D eigenvalue weighted by Crippen LogP contribution is 2.19. The van der Waals surface area contributed by atoms with Crippen LogP contribution in [-0.4, -0.2) is 31.4 Å². The van der Waals surface area contributed by atoms with Crippen LogP contribution in [0.15, 0.2) is 64.4 Å². The van der Waals surface area contributed by atoms with Crippen molar-refractivity contribution in [1.29, 1.82) is 0 Å². The Morgan fingerprint density at radius 1 is 1.09 bits per heavy atom. The molecule has 1 saturated heterocycles. The maximum absolute atomic E-state index is 14.7. The van der Waals surface area contributed by atoms with Gasteiger partial charge in [0, 0.05) is 19.2 Å². The molecule has 0 spiro atoms. The van der Waals surface area contributed by atoms with Gasteiger partial charge in [-0.15, -0.1) is 0 Å². The molecule has 0 radical (unpaired) electrons. The van der Waals surface area contributed by atoms with E-state index in [0.29, 0.717) is 19.2 Å². The fourth-order valence-electron chi connectivity index (χ4n) is 4.11. The van der Waals surface area contributed by atoms with Gasteiger partial charge < -0.3 is 9.30 Å². The molecule has 1 atom stereocenters. The van der Waals surface area contributed by atoms with Crippen molar-refractivity contribution < 1.29 is 13.5 Å². The molecule has 0 N–H and O–H groups in total. The molecule has 0 aliphatic carbocycles. The van der Waals surface area contributed by atoms with Gasteiger partial charge in [-0.25, -0.2) is 23.1 Å². The Morgan fingerprint density at radius 3 is 2.62 bits per heavy atom. The Balaban J connectivity index is 1.76. The van der Waals surface area contributed by atoms with Crippen molar-refractivity contribution in [2.45, 2.75) is 32.0 Å². The van der Waals surface area contributed by atoms with Gasteiger partial charge in [-0.05, 0) is 30.5 Å². The molecule has 1 unspecified atom stereocenters. The third-order valence-electron chi connectivity index (χ3n) is 5.66. The summed E-state index contributed by atoms with van der Waals surface area (Å²) >= 11 is 0. The average Bonchev–Trinajstić information content (AvgIpc) is 3.44. The van der Waals surface area contributed by atoms with Crippen molar-refractivity contribution in [3.63, 3.8) is 0 Å². The monoisotopic (exact) mass is 438 g/mol. The smallest absolute Gasteiger partial charge is 0.337 e. The van der Waals surface area contributed by atoms with E-state index in [1.165, 1.54) is 12.4 Å². The number of rotatable bonds is 5. The molecule has 0 saturated carbocycles. The molecule has 7 nitrogen and oxygen atoms in total. The van der Waals surface area contributed by atoms with Crippen molar-refractivity contribution in [2.75, 3.05) is 6.61 Å². The molecule has 5 rings (SSSR count). The third kappa shape index (κ3) is 3.54. The lowest BCUT2D eigenvalue weighted by Crippen LogP contribution is -2.42. The number of hydrogen-bond donors (Lipinski definition) is 0. The highest BCUT2D eigenvalue weighted by Gasteiger charge is 2.24. The molecule has 2 aromatic heterocycles. The fraction of sp³-hybridized carbons (Fsp3) is 0.261. The summed E-state index contributed by atoms with van der Waals surface area (Å²) in [7, 11) is 0. The number of hydrogen-bond acceptors (Lipinski definition) is 4. The zero-order valence-electron chi connectivity index (χ0n) is 17.1. The van der Waals surface area contributed by atoms with E-state index in [2.05, 4.69) is 4.98 Å². The summed E-state index contributed by atoms with van der Waals surface area (Å²) < 4.78 is 37.5. The highest BCUT2D eigenvalue weighted by molar-refractivity contribution is 5.72. The quantitative estimate of drug-likeness (QED) is 0.481. The zero-order chi connectivity index (χ0) is 22.2. The summed E-state index contributed by atoms with van der Waals surface area (Å²) in [5.41, 5.74) is -0.323. The molecule has 1 fully saturated rings. The molecule has 4 aromatic rings. The van der Waals surface area contributed by atoms with Crippen molar-refractivity contribution in [2.24, 2.45) is 0 Å². The lowest BCUT2D eigenvalue weighted by Gasteiger charge is -2.15. The summed E-state index contributed by atoms with van der Waals surface area (Å²) in [4.78, 5) is 31.0. The van der Waals surface area contributed by atoms with E-state index in [-0.39, 0.29) is 29.5 Å². The molecular weight excluding hydrogens is 418 g/mol. The minimum absolute atomic E-state index is 0.0185. The maximum Gasteiger partial charge on any atom is 0.337 e. The Labute approximate surface area is 181 Å². The van der Waals surface area contributed by atoms with Crippen LogP contribution in [0.1, 0.15) is 18.4 Å². The van der Waals surface area contributed by atoms with E-state index in [4.69, 9.17) is 4.74 Å². The third-order valence-corrected chi connectivity index (χ3v) is 5.66. The van der Waals surface area contributed by atoms with Gasteiger partial charge in [0.2, 0.25) is 0 Å². The van der Waals surface area contributed by atoms with Gasteiger partial charge >= 0.3 is 5.69 Å². The molecule has 2 aromatic carbocycles. The highest BCUT2D eigenvalue weighted by atomic mass is 19.1. The van der Waals surface area contributed by atoms with Crippen molar-refractivity contribution >= 4 is 11.2 Å². The first-order chi connectivity index (χ1) is 15.5. The number of halogens is 2. The molecule has 1 aliphatic heterocycles. The van der Waals surface area contributed by atoms with Crippen molar-refractivity contribution in [1.82, 2.24) is 18.7 Å². The Hall–Kier alpha value is -3.59. The Morgan fingerprint density at radius 2 is 1.91 bits per heavy atom. The predicted molar refractivity (Wildman–Crippen MR) is 114 cm³/mol. The van der Waals surface area contributed by atoms with Crippen LogP contribution in [0.5, 0.6) is 0 Å². The number of imidazole rings is 1. The molecule has 0 amide bonds. The van der Waals surface area contributed by atoms with Gasteiger partial charge in [0.15, 0.2) is 11.2 Å². The predicted octanol–water partition coefficient (Wildman–Crippen LogP) is 2.85. The van der Waals surface area contributed by atoms with Crippen molar-refractivity contribution in [3.05, 3.63) is 92.9 Å². The summed E-state index contributed by atoms with van der Waals surface area (Å²) in [5.74, 6) is -1.69. The molecule has 164 valence electrons. The molecule has 0 bridgehead atoms. The van der Waals surface area contributed by atoms with Crippen LogP contribution in [0, 0.1) is 11.6 Å². The molecule has 32 heavy (non-hydrogen) atoms. The number of aromatic nitrogens is 4. The van der Waals surface area contributed by atoms with Crippen LogP contribution in [-0.2, 0) is 17.8 Å². The van der Waals surface area contributed by atoms with Gasteiger partial charge in [-0.2, -0.15) is 0 Å². The zero-order valence-corrected chi connectivity index (χ0v) is 17.1. The SMILES string of the molecule is O=c1c2c(ncn2Cc2ccccc2)n(-c2ccc(F)cc2F)c(=O)n1CC1CCCO1. The van der Waals surface area contributed by atoms with Crippen LogP contribution in [0.2, 0.25) is 0 Å². The number of benzene rings is 2. The fourth-order valence-corrected chi connectivity index (χ4v) is 4.11. The molecule has 3 heterocycles. The van der Waals surface area contributed by atoms with Crippen molar-refractivity contribution in [3.8, 4) is 5.69 Å². The Kier molecular flexibility index (Phi) is 5.18. The Bertz CT molecular complexity index is 1400. The van der Waals surface area contributed by atoms with Gasteiger partial charge in [0.25, 0.3) is 5.56 Å². The van der Waals surface area contributed by atoms with Crippen LogP contribution in [0.4, 0.5) is 8.78 Å². The van der Waals surface area contributed by atoms with Gasteiger partial charge in [0.1, 0.15) is 11.6 Å². The second-order valence-electron chi connectivity index (χ2n) is 7.79. The summed E-state index contributed by atoms with van der Waals surface area (Å²) in [6.07, 6.45) is 2.73. The maximum atomic E-state index is 14.7. The van der Waals surface area contributed by atoms with Gasteiger partial charge in [-0.1, -0.05) is 30.3 Å². The van der Waals surface area contributed by atoms with Crippen LogP contribution < -0.4 is 11.2 Å². The number of ether oxygens (including phenoxy) is 1. The summed E-state index contributed by atoms with van der Waals surface area (Å²) in [6.45, 7) is 0.956. The van der Waals surface area contributed by atoms with E-state index in [1.807, 2.05) is 30.3 Å². The van der Waals surface area contributed by atoms with E-state index >= 15 is 0 Å². The molecule has 1 aliphatic rings. The van der Waals surface area contributed by atoms with E-state index < -0.39 is 22.9 Å². The largest absolute Gasteiger partial charge is 0.376 e. The second kappa shape index (κ2) is 8.16. The topological polar surface area (TPSA) is 71.0 Å². The van der Waals surface area contributed by atoms with Crippen LogP contribution in [0.3, 0.4) is 0 Å². The molecule has 9 heteroatoms. The number of fused-ring (bicyclic) bond motifs is 1. The first-order valence-corrected chi connectivity index (χ1v) is 10.3. The lowest BCUT2D eigenvalue weighted by atomic mass is 10.2.